The van der Waals surface area contributed by atoms with Crippen molar-refractivity contribution in [3.8, 4) is 11.1 Å². The van der Waals surface area contributed by atoms with E-state index in [2.05, 4.69) is 28.7 Å². The summed E-state index contributed by atoms with van der Waals surface area (Å²) in [6.07, 6.45) is 4.08. The number of carbonyl (C=O) groups excluding carboxylic acids is 1. The van der Waals surface area contributed by atoms with E-state index in [0.29, 0.717) is 11.3 Å². The van der Waals surface area contributed by atoms with E-state index in [1.165, 1.54) is 12.3 Å². The van der Waals surface area contributed by atoms with Crippen LogP contribution in [0.2, 0.25) is 0 Å². The second kappa shape index (κ2) is 9.98. The summed E-state index contributed by atoms with van der Waals surface area (Å²) in [5.41, 5.74) is 3.46. The van der Waals surface area contributed by atoms with Crippen LogP contribution in [-0.2, 0) is 14.3 Å². The van der Waals surface area contributed by atoms with Gasteiger partial charge in [-0.3, -0.25) is 4.98 Å². The number of halogens is 1. The molecule has 0 aliphatic carbocycles. The molecule has 3 heterocycles. The van der Waals surface area contributed by atoms with Gasteiger partial charge >= 0.3 is 5.97 Å². The molecular weight excluding hydrogens is 433 g/mol. The Hall–Kier alpha value is -2.54. The van der Waals surface area contributed by atoms with Gasteiger partial charge in [0.15, 0.2) is 6.10 Å². The third-order valence-electron chi connectivity index (χ3n) is 6.06. The van der Waals surface area contributed by atoms with Gasteiger partial charge in [0.1, 0.15) is 0 Å². The first kappa shape index (κ1) is 26.1. The summed E-state index contributed by atoms with van der Waals surface area (Å²) in [6.45, 7) is 17.5. The molecule has 1 aliphatic heterocycles. The maximum atomic E-state index is 13.6. The molecule has 1 aliphatic rings. The van der Waals surface area contributed by atoms with Crippen LogP contribution in [0.1, 0.15) is 78.7 Å². The summed E-state index contributed by atoms with van der Waals surface area (Å²) in [6, 6.07) is 3.04. The molecule has 3 rings (SSSR count). The summed E-state index contributed by atoms with van der Waals surface area (Å²) in [5, 5.41) is 0. The molecule has 0 spiro atoms. The van der Waals surface area contributed by atoms with Crippen LogP contribution in [0.3, 0.4) is 0 Å². The Labute approximate surface area is 202 Å². The van der Waals surface area contributed by atoms with Crippen LogP contribution in [0.25, 0.3) is 11.1 Å². The number of hydrogen-bond acceptors (Lipinski definition) is 6. The second-order valence-corrected chi connectivity index (χ2v) is 11.1. The van der Waals surface area contributed by atoms with Gasteiger partial charge in [-0.05, 0) is 71.9 Å². The Morgan fingerprint density at radius 2 is 1.76 bits per heavy atom. The number of pyridine rings is 2. The minimum atomic E-state index is -0.951. The molecule has 0 saturated carbocycles. The van der Waals surface area contributed by atoms with Crippen molar-refractivity contribution in [3.63, 3.8) is 0 Å². The zero-order chi connectivity index (χ0) is 25.3. The van der Waals surface area contributed by atoms with Crippen molar-refractivity contribution in [2.75, 3.05) is 18.0 Å². The van der Waals surface area contributed by atoms with E-state index < -0.39 is 23.6 Å². The highest BCUT2D eigenvalue weighted by molar-refractivity contribution is 5.86. The van der Waals surface area contributed by atoms with E-state index >= 15 is 0 Å². The maximum Gasteiger partial charge on any atom is 0.340 e. The van der Waals surface area contributed by atoms with Gasteiger partial charge in [0.2, 0.25) is 5.95 Å². The Morgan fingerprint density at radius 3 is 2.29 bits per heavy atom. The first-order chi connectivity index (χ1) is 15.8. The van der Waals surface area contributed by atoms with E-state index in [0.717, 1.165) is 42.7 Å². The summed E-state index contributed by atoms with van der Waals surface area (Å²) >= 11 is 0. The van der Waals surface area contributed by atoms with Crippen LogP contribution >= 0.6 is 0 Å². The molecule has 186 valence electrons. The van der Waals surface area contributed by atoms with Crippen molar-refractivity contribution in [1.82, 2.24) is 9.97 Å². The molecule has 0 N–H and O–H groups in total. The van der Waals surface area contributed by atoms with Crippen LogP contribution in [0.15, 0.2) is 24.5 Å². The number of carbonyl (C=O) groups is 1. The van der Waals surface area contributed by atoms with E-state index in [1.807, 2.05) is 41.5 Å². The van der Waals surface area contributed by atoms with E-state index in [9.17, 15) is 9.18 Å². The van der Waals surface area contributed by atoms with Crippen LogP contribution in [0.5, 0.6) is 0 Å². The lowest BCUT2D eigenvalue weighted by Gasteiger charge is -2.41. The molecule has 1 atom stereocenters. The summed E-state index contributed by atoms with van der Waals surface area (Å²) < 4.78 is 25.6. The lowest BCUT2D eigenvalue weighted by molar-refractivity contribution is -0.171. The number of aryl methyl sites for hydroxylation is 1. The quantitative estimate of drug-likeness (QED) is 0.379. The van der Waals surface area contributed by atoms with Crippen LogP contribution < -0.4 is 4.90 Å². The molecule has 0 amide bonds. The highest BCUT2D eigenvalue weighted by Gasteiger charge is 2.37. The topological polar surface area (TPSA) is 64.5 Å². The summed E-state index contributed by atoms with van der Waals surface area (Å²) in [7, 11) is 0. The molecule has 34 heavy (non-hydrogen) atoms. The monoisotopic (exact) mass is 471 g/mol. The normalized spacial score (nSPS) is 17.1. The standard InChI is InChI=1S/C27H38FN3O3/c1-17(2)33-25(32)24(34-26(4,5)6)22-18(3)29-16-20(19-9-10-21(28)30-15-19)23(22)31-13-11-27(7,8)12-14-31/h9-10,15-17,24H,11-14H2,1-8H3. The molecule has 0 aromatic carbocycles. The van der Waals surface area contributed by atoms with Crippen molar-refractivity contribution in [1.29, 1.82) is 0 Å². The Bertz CT molecular complexity index is 1000. The number of aromatic nitrogens is 2. The van der Waals surface area contributed by atoms with E-state index in [-0.39, 0.29) is 11.5 Å². The molecular formula is C27H38FN3O3. The minimum absolute atomic E-state index is 0.244. The molecule has 1 unspecified atom stereocenters. The van der Waals surface area contributed by atoms with Crippen molar-refractivity contribution < 1.29 is 18.7 Å². The number of esters is 1. The maximum absolute atomic E-state index is 13.6. The van der Waals surface area contributed by atoms with Crippen LogP contribution in [0, 0.1) is 18.3 Å². The third kappa shape index (κ3) is 6.32. The molecule has 2 aromatic heterocycles. The third-order valence-corrected chi connectivity index (χ3v) is 6.06. The van der Waals surface area contributed by atoms with Crippen LogP contribution in [-0.4, -0.2) is 40.7 Å². The number of nitrogens with zero attached hydrogens (tertiary/aromatic N) is 3. The molecule has 2 aromatic rings. The van der Waals surface area contributed by atoms with Gasteiger partial charge in [-0.1, -0.05) is 13.8 Å². The number of piperidine rings is 1. The fourth-order valence-corrected chi connectivity index (χ4v) is 4.22. The molecule has 1 saturated heterocycles. The number of ether oxygens (including phenoxy) is 2. The highest BCUT2D eigenvalue weighted by Crippen LogP contribution is 2.43. The fourth-order valence-electron chi connectivity index (χ4n) is 4.22. The predicted molar refractivity (Wildman–Crippen MR) is 132 cm³/mol. The van der Waals surface area contributed by atoms with Gasteiger partial charge in [-0.15, -0.1) is 0 Å². The summed E-state index contributed by atoms with van der Waals surface area (Å²) in [5.74, 6) is -0.984. The lowest BCUT2D eigenvalue weighted by atomic mass is 9.82. The number of rotatable bonds is 6. The molecule has 0 bridgehead atoms. The van der Waals surface area contributed by atoms with Crippen molar-refractivity contribution in [3.05, 3.63) is 41.7 Å². The second-order valence-electron chi connectivity index (χ2n) is 11.1. The Balaban J connectivity index is 2.23. The molecule has 7 heteroatoms. The first-order valence-corrected chi connectivity index (χ1v) is 12.0. The zero-order valence-electron chi connectivity index (χ0n) is 21.7. The predicted octanol–water partition coefficient (Wildman–Crippen LogP) is 6.03. The van der Waals surface area contributed by atoms with E-state index in [1.54, 1.807) is 12.3 Å². The minimum Gasteiger partial charge on any atom is -0.461 e. The van der Waals surface area contributed by atoms with Crippen molar-refractivity contribution in [2.45, 2.75) is 86.0 Å². The van der Waals surface area contributed by atoms with Gasteiger partial charge < -0.3 is 14.4 Å². The molecule has 1 fully saturated rings. The highest BCUT2D eigenvalue weighted by atomic mass is 19.1. The van der Waals surface area contributed by atoms with Crippen molar-refractivity contribution >= 4 is 11.7 Å². The van der Waals surface area contributed by atoms with Gasteiger partial charge in [0.05, 0.1) is 17.4 Å². The van der Waals surface area contributed by atoms with Crippen LogP contribution in [0.4, 0.5) is 10.1 Å². The van der Waals surface area contributed by atoms with Crippen molar-refractivity contribution in [2.24, 2.45) is 5.41 Å². The molecule has 6 nitrogen and oxygen atoms in total. The SMILES string of the molecule is Cc1ncc(-c2ccc(F)nc2)c(N2CCC(C)(C)CC2)c1C(OC(C)(C)C)C(=O)OC(C)C. The summed E-state index contributed by atoms with van der Waals surface area (Å²) in [4.78, 5) is 24.2. The Morgan fingerprint density at radius 1 is 1.12 bits per heavy atom. The largest absolute Gasteiger partial charge is 0.461 e. The average molecular weight is 472 g/mol. The van der Waals surface area contributed by atoms with Gasteiger partial charge in [-0.25, -0.2) is 9.78 Å². The number of hydrogen-bond donors (Lipinski definition) is 0. The number of anilines is 1. The first-order valence-electron chi connectivity index (χ1n) is 12.0. The zero-order valence-corrected chi connectivity index (χ0v) is 21.7. The molecule has 0 radical (unpaired) electrons. The fraction of sp³-hybridized carbons (Fsp3) is 0.593. The van der Waals surface area contributed by atoms with Gasteiger partial charge in [0, 0.05) is 47.9 Å². The average Bonchev–Trinajstić information content (AvgIpc) is 2.72. The lowest BCUT2D eigenvalue weighted by Crippen LogP contribution is -2.39. The Kier molecular flexibility index (Phi) is 7.65. The van der Waals surface area contributed by atoms with Gasteiger partial charge in [-0.2, -0.15) is 4.39 Å². The van der Waals surface area contributed by atoms with E-state index in [4.69, 9.17) is 9.47 Å². The smallest absolute Gasteiger partial charge is 0.340 e. The van der Waals surface area contributed by atoms with Gasteiger partial charge in [0.25, 0.3) is 0 Å².